The molecule has 1 atom stereocenters. The van der Waals surface area contributed by atoms with Crippen LogP contribution in [-0.2, 0) is 9.47 Å². The fraction of sp³-hybridized carbons (Fsp3) is 0.500. The normalized spacial score (nSPS) is 30.3. The summed E-state index contributed by atoms with van der Waals surface area (Å²) < 4.78 is 10.5. The van der Waals surface area contributed by atoms with Crippen LogP contribution in [0.1, 0.15) is 13.3 Å². The van der Waals surface area contributed by atoms with Gasteiger partial charge in [0.25, 0.3) is 0 Å². The zero-order valence-electron chi connectivity index (χ0n) is 5.96. The van der Waals surface area contributed by atoms with E-state index in [4.69, 9.17) is 9.47 Å². The van der Waals surface area contributed by atoms with Crippen molar-refractivity contribution in [3.8, 4) is 0 Å². The predicted octanol–water partition coefficient (Wildman–Crippen LogP) is 1.59. The maximum absolute atomic E-state index is 5.27. The smallest absolute Gasteiger partial charge is 0.189 e. The van der Waals surface area contributed by atoms with E-state index in [0.717, 1.165) is 12.2 Å². The lowest BCUT2D eigenvalue weighted by molar-refractivity contribution is 0.0509. The molecule has 54 valence electrons. The first-order chi connectivity index (χ1) is 4.86. The zero-order chi connectivity index (χ0) is 6.97. The molecule has 0 amide bonds. The number of ether oxygens (including phenoxy) is 2. The summed E-state index contributed by atoms with van der Waals surface area (Å²) in [4.78, 5) is 0. The summed E-state index contributed by atoms with van der Waals surface area (Å²) in [6, 6.07) is 0. The van der Waals surface area contributed by atoms with Gasteiger partial charge in [0.2, 0.25) is 0 Å². The molecule has 0 N–H and O–H groups in total. The summed E-state index contributed by atoms with van der Waals surface area (Å²) >= 11 is 0. The summed E-state index contributed by atoms with van der Waals surface area (Å²) in [5.74, 6) is 1.00. The first-order valence-corrected chi connectivity index (χ1v) is 3.49. The van der Waals surface area contributed by atoms with Crippen LogP contribution in [0.4, 0.5) is 0 Å². The van der Waals surface area contributed by atoms with E-state index in [9.17, 15) is 0 Å². The summed E-state index contributed by atoms with van der Waals surface area (Å²) in [5, 5.41) is 0. The van der Waals surface area contributed by atoms with Crippen LogP contribution in [0.15, 0.2) is 23.5 Å². The topological polar surface area (TPSA) is 18.5 Å². The SMILES string of the molecule is CC1=CCC2OCOC2=C1. The highest BCUT2D eigenvalue weighted by Crippen LogP contribution is 2.25. The molecule has 2 aliphatic rings. The summed E-state index contributed by atoms with van der Waals surface area (Å²) in [6.45, 7) is 2.50. The molecule has 2 nitrogen and oxygen atoms in total. The number of rotatable bonds is 0. The van der Waals surface area contributed by atoms with Gasteiger partial charge in [0.15, 0.2) is 6.79 Å². The molecule has 1 aliphatic carbocycles. The molecule has 1 heterocycles. The van der Waals surface area contributed by atoms with Crippen molar-refractivity contribution in [2.24, 2.45) is 0 Å². The fourth-order valence-electron chi connectivity index (χ4n) is 1.25. The largest absolute Gasteiger partial charge is 0.469 e. The van der Waals surface area contributed by atoms with Gasteiger partial charge in [0.05, 0.1) is 0 Å². The van der Waals surface area contributed by atoms with E-state index in [1.807, 2.05) is 6.08 Å². The van der Waals surface area contributed by atoms with Crippen molar-refractivity contribution in [3.05, 3.63) is 23.5 Å². The van der Waals surface area contributed by atoms with Gasteiger partial charge in [-0.15, -0.1) is 0 Å². The molecule has 0 bridgehead atoms. The highest BCUT2D eigenvalue weighted by molar-refractivity contribution is 5.26. The number of fused-ring (bicyclic) bond motifs is 1. The molecule has 1 unspecified atom stereocenters. The minimum Gasteiger partial charge on any atom is -0.469 e. The summed E-state index contributed by atoms with van der Waals surface area (Å²) in [5.41, 5.74) is 1.27. The first-order valence-electron chi connectivity index (χ1n) is 3.49. The molecular weight excluding hydrogens is 128 g/mol. The van der Waals surface area contributed by atoms with Gasteiger partial charge in [-0.25, -0.2) is 0 Å². The number of allylic oxidation sites excluding steroid dienone is 2. The third-order valence-corrected chi connectivity index (χ3v) is 1.84. The molecule has 0 aromatic rings. The first kappa shape index (κ1) is 5.98. The minimum absolute atomic E-state index is 0.212. The molecule has 0 spiro atoms. The van der Waals surface area contributed by atoms with Crippen LogP contribution in [-0.4, -0.2) is 12.9 Å². The molecule has 1 fully saturated rings. The average molecular weight is 138 g/mol. The zero-order valence-corrected chi connectivity index (χ0v) is 5.96. The number of hydrogen-bond acceptors (Lipinski definition) is 2. The van der Waals surface area contributed by atoms with Gasteiger partial charge < -0.3 is 9.47 Å². The fourth-order valence-corrected chi connectivity index (χ4v) is 1.25. The second-order valence-corrected chi connectivity index (χ2v) is 2.65. The second-order valence-electron chi connectivity index (χ2n) is 2.65. The van der Waals surface area contributed by atoms with Crippen molar-refractivity contribution in [2.75, 3.05) is 6.79 Å². The maximum Gasteiger partial charge on any atom is 0.189 e. The standard InChI is InChI=1S/C8H10O2/c1-6-2-3-7-8(4-6)10-5-9-7/h2,4,7H,3,5H2,1H3. The Kier molecular flexibility index (Phi) is 1.27. The van der Waals surface area contributed by atoms with Crippen molar-refractivity contribution in [1.82, 2.24) is 0 Å². The lowest BCUT2D eigenvalue weighted by Crippen LogP contribution is -2.09. The Morgan fingerprint density at radius 1 is 1.60 bits per heavy atom. The van der Waals surface area contributed by atoms with E-state index < -0.39 is 0 Å². The molecule has 1 saturated heterocycles. The molecule has 0 radical (unpaired) electrons. The number of hydrogen-bond donors (Lipinski definition) is 0. The Balaban J connectivity index is 2.24. The van der Waals surface area contributed by atoms with Crippen LogP contribution in [0.25, 0.3) is 0 Å². The van der Waals surface area contributed by atoms with Gasteiger partial charge in [0, 0.05) is 0 Å². The molecule has 2 heteroatoms. The average Bonchev–Trinajstić information content (AvgIpc) is 2.33. The third-order valence-electron chi connectivity index (χ3n) is 1.84. The predicted molar refractivity (Wildman–Crippen MR) is 37.3 cm³/mol. The quantitative estimate of drug-likeness (QED) is 0.506. The van der Waals surface area contributed by atoms with Crippen LogP contribution in [0.5, 0.6) is 0 Å². The van der Waals surface area contributed by atoms with E-state index in [-0.39, 0.29) is 6.10 Å². The molecular formula is C8H10O2. The van der Waals surface area contributed by atoms with Gasteiger partial charge in [0.1, 0.15) is 11.9 Å². The Bertz CT molecular complexity index is 203. The van der Waals surface area contributed by atoms with E-state index in [0.29, 0.717) is 6.79 Å². The van der Waals surface area contributed by atoms with Crippen molar-refractivity contribution in [2.45, 2.75) is 19.4 Å². The van der Waals surface area contributed by atoms with Crippen molar-refractivity contribution >= 4 is 0 Å². The Hall–Kier alpha value is -0.760. The van der Waals surface area contributed by atoms with Gasteiger partial charge in [-0.1, -0.05) is 11.6 Å². The summed E-state index contributed by atoms with van der Waals surface area (Å²) in [7, 11) is 0. The molecule has 10 heavy (non-hydrogen) atoms. The Labute approximate surface area is 60.1 Å². The lowest BCUT2D eigenvalue weighted by Gasteiger charge is -2.10. The van der Waals surface area contributed by atoms with Crippen molar-refractivity contribution in [3.63, 3.8) is 0 Å². The van der Waals surface area contributed by atoms with Crippen LogP contribution < -0.4 is 0 Å². The molecule has 2 rings (SSSR count). The molecule has 0 saturated carbocycles. The van der Waals surface area contributed by atoms with Crippen molar-refractivity contribution in [1.29, 1.82) is 0 Å². The van der Waals surface area contributed by atoms with E-state index in [1.54, 1.807) is 0 Å². The highest BCUT2D eigenvalue weighted by atomic mass is 16.7. The summed E-state index contributed by atoms with van der Waals surface area (Å²) in [6.07, 6.45) is 5.39. The van der Waals surface area contributed by atoms with Gasteiger partial charge in [-0.2, -0.15) is 0 Å². The molecule has 0 aromatic heterocycles. The van der Waals surface area contributed by atoms with Crippen molar-refractivity contribution < 1.29 is 9.47 Å². The van der Waals surface area contributed by atoms with E-state index in [1.165, 1.54) is 5.57 Å². The third kappa shape index (κ3) is 0.847. The molecule has 1 aliphatic heterocycles. The lowest BCUT2D eigenvalue weighted by atomic mass is 10.1. The Morgan fingerprint density at radius 2 is 2.50 bits per heavy atom. The van der Waals surface area contributed by atoms with E-state index in [2.05, 4.69) is 13.0 Å². The van der Waals surface area contributed by atoms with E-state index >= 15 is 0 Å². The Morgan fingerprint density at radius 3 is 3.40 bits per heavy atom. The van der Waals surface area contributed by atoms with Gasteiger partial charge in [-0.3, -0.25) is 0 Å². The molecule has 0 aromatic carbocycles. The highest BCUT2D eigenvalue weighted by Gasteiger charge is 2.24. The van der Waals surface area contributed by atoms with Crippen LogP contribution >= 0.6 is 0 Å². The van der Waals surface area contributed by atoms with Crippen LogP contribution in [0.3, 0.4) is 0 Å². The monoisotopic (exact) mass is 138 g/mol. The minimum atomic E-state index is 0.212. The van der Waals surface area contributed by atoms with Gasteiger partial charge in [-0.05, 0) is 19.4 Å². The van der Waals surface area contributed by atoms with Crippen LogP contribution in [0, 0.1) is 0 Å². The van der Waals surface area contributed by atoms with Gasteiger partial charge >= 0.3 is 0 Å². The second kappa shape index (κ2) is 2.13. The maximum atomic E-state index is 5.27. The van der Waals surface area contributed by atoms with Crippen LogP contribution in [0.2, 0.25) is 0 Å².